The fraction of sp³-hybridized carbons (Fsp3) is 0.188. The molecule has 0 aliphatic heterocycles. The number of hydrogen-bond donors (Lipinski definition) is 2. The SMILES string of the molecule is COC(=O)C(O)C(Sc1ccccc1N)c1ccccc1. The first-order chi connectivity index (χ1) is 10.1. The Kier molecular flexibility index (Phi) is 5.25. The van der Waals surface area contributed by atoms with Gasteiger partial charge >= 0.3 is 5.97 Å². The van der Waals surface area contributed by atoms with Crippen molar-refractivity contribution in [2.45, 2.75) is 16.2 Å². The molecule has 21 heavy (non-hydrogen) atoms. The summed E-state index contributed by atoms with van der Waals surface area (Å²) in [5, 5.41) is 9.76. The van der Waals surface area contributed by atoms with Crippen molar-refractivity contribution in [3.05, 3.63) is 60.2 Å². The van der Waals surface area contributed by atoms with E-state index in [-0.39, 0.29) is 0 Å². The number of ether oxygens (including phenoxy) is 1. The predicted octanol–water partition coefficient (Wildman–Crippen LogP) is 2.64. The Balaban J connectivity index is 2.33. The number of carbonyl (C=O) groups is 1. The molecule has 0 spiro atoms. The molecule has 0 amide bonds. The van der Waals surface area contributed by atoms with E-state index in [2.05, 4.69) is 4.74 Å². The predicted molar refractivity (Wildman–Crippen MR) is 83.9 cm³/mol. The zero-order chi connectivity index (χ0) is 15.2. The number of aliphatic hydroxyl groups is 1. The summed E-state index contributed by atoms with van der Waals surface area (Å²) in [7, 11) is 1.26. The number of benzene rings is 2. The minimum absolute atomic E-state index is 0.483. The van der Waals surface area contributed by atoms with Gasteiger partial charge in [-0.25, -0.2) is 4.79 Å². The molecule has 2 aromatic rings. The van der Waals surface area contributed by atoms with E-state index in [4.69, 9.17) is 5.73 Å². The molecule has 0 saturated carbocycles. The molecule has 0 radical (unpaired) electrons. The third kappa shape index (κ3) is 3.77. The maximum Gasteiger partial charge on any atom is 0.336 e. The standard InChI is InChI=1S/C16H17NO3S/c1-20-16(19)14(18)15(11-7-3-2-4-8-11)21-13-10-6-5-9-12(13)17/h2-10,14-15,18H,17H2,1H3. The van der Waals surface area contributed by atoms with Crippen molar-refractivity contribution in [3.8, 4) is 0 Å². The van der Waals surface area contributed by atoms with Gasteiger partial charge in [-0.2, -0.15) is 0 Å². The highest BCUT2D eigenvalue weighted by Crippen LogP contribution is 2.40. The van der Waals surface area contributed by atoms with Gasteiger partial charge in [-0.15, -0.1) is 11.8 Å². The minimum atomic E-state index is -1.26. The third-order valence-corrected chi connectivity index (χ3v) is 4.44. The van der Waals surface area contributed by atoms with Crippen LogP contribution in [-0.4, -0.2) is 24.3 Å². The van der Waals surface area contributed by atoms with E-state index >= 15 is 0 Å². The summed E-state index contributed by atoms with van der Waals surface area (Å²) >= 11 is 1.34. The van der Waals surface area contributed by atoms with Crippen LogP contribution in [0.5, 0.6) is 0 Å². The van der Waals surface area contributed by atoms with E-state index in [1.54, 1.807) is 6.07 Å². The fourth-order valence-corrected chi connectivity index (χ4v) is 3.09. The lowest BCUT2D eigenvalue weighted by Gasteiger charge is -2.21. The van der Waals surface area contributed by atoms with Crippen LogP contribution in [-0.2, 0) is 9.53 Å². The van der Waals surface area contributed by atoms with Crippen molar-refractivity contribution in [2.24, 2.45) is 0 Å². The Morgan fingerprint density at radius 2 is 1.76 bits per heavy atom. The topological polar surface area (TPSA) is 72.5 Å². The molecule has 2 atom stereocenters. The first kappa shape index (κ1) is 15.4. The van der Waals surface area contributed by atoms with Gasteiger partial charge in [0, 0.05) is 10.6 Å². The Bertz CT molecular complexity index is 603. The second-order valence-electron chi connectivity index (χ2n) is 4.45. The van der Waals surface area contributed by atoms with E-state index in [1.165, 1.54) is 18.9 Å². The van der Waals surface area contributed by atoms with Crippen molar-refractivity contribution >= 4 is 23.4 Å². The van der Waals surface area contributed by atoms with Crippen LogP contribution in [0, 0.1) is 0 Å². The van der Waals surface area contributed by atoms with Gasteiger partial charge in [0.2, 0.25) is 0 Å². The van der Waals surface area contributed by atoms with Crippen LogP contribution in [0.15, 0.2) is 59.5 Å². The number of rotatable bonds is 5. The van der Waals surface area contributed by atoms with Crippen LogP contribution in [0.2, 0.25) is 0 Å². The van der Waals surface area contributed by atoms with E-state index in [0.29, 0.717) is 5.69 Å². The summed E-state index contributed by atoms with van der Waals surface area (Å²) in [5.41, 5.74) is 7.39. The maximum atomic E-state index is 11.7. The zero-order valence-electron chi connectivity index (χ0n) is 11.6. The molecule has 0 aliphatic rings. The summed E-state index contributed by atoms with van der Waals surface area (Å²) in [6.45, 7) is 0. The lowest BCUT2D eigenvalue weighted by molar-refractivity contribution is -0.150. The second kappa shape index (κ2) is 7.15. The Morgan fingerprint density at radius 3 is 2.38 bits per heavy atom. The Labute approximate surface area is 127 Å². The van der Waals surface area contributed by atoms with Crippen LogP contribution in [0.25, 0.3) is 0 Å². The average Bonchev–Trinajstić information content (AvgIpc) is 2.53. The minimum Gasteiger partial charge on any atom is -0.467 e. The highest BCUT2D eigenvalue weighted by atomic mass is 32.2. The van der Waals surface area contributed by atoms with E-state index in [0.717, 1.165) is 10.5 Å². The van der Waals surface area contributed by atoms with Gasteiger partial charge in [-0.05, 0) is 17.7 Å². The summed E-state index contributed by atoms with van der Waals surface area (Å²) in [6, 6.07) is 16.7. The first-order valence-corrected chi connectivity index (χ1v) is 7.33. The van der Waals surface area contributed by atoms with Crippen LogP contribution < -0.4 is 5.73 Å². The third-order valence-electron chi connectivity index (χ3n) is 3.03. The highest BCUT2D eigenvalue weighted by molar-refractivity contribution is 7.99. The number of carbonyl (C=O) groups excluding carboxylic acids is 1. The van der Waals surface area contributed by atoms with Crippen molar-refractivity contribution in [2.75, 3.05) is 12.8 Å². The molecule has 2 aromatic carbocycles. The fourth-order valence-electron chi connectivity index (χ4n) is 1.93. The monoisotopic (exact) mass is 303 g/mol. The van der Waals surface area contributed by atoms with Crippen LogP contribution in [0.1, 0.15) is 10.8 Å². The molecular formula is C16H17NO3S. The number of thioether (sulfide) groups is 1. The van der Waals surface area contributed by atoms with Gasteiger partial charge in [-0.3, -0.25) is 0 Å². The van der Waals surface area contributed by atoms with Gasteiger partial charge in [-0.1, -0.05) is 42.5 Å². The number of para-hydroxylation sites is 1. The van der Waals surface area contributed by atoms with Gasteiger partial charge in [0.1, 0.15) is 0 Å². The summed E-state index contributed by atoms with van der Waals surface area (Å²) < 4.78 is 4.65. The molecule has 2 rings (SSSR count). The number of hydrogen-bond acceptors (Lipinski definition) is 5. The van der Waals surface area contributed by atoms with Gasteiger partial charge in [0.05, 0.1) is 12.4 Å². The van der Waals surface area contributed by atoms with Crippen molar-refractivity contribution in [3.63, 3.8) is 0 Å². The molecule has 0 bridgehead atoms. The van der Waals surface area contributed by atoms with Crippen molar-refractivity contribution in [1.29, 1.82) is 0 Å². The molecule has 5 heteroatoms. The number of esters is 1. The normalized spacial score (nSPS) is 13.4. The van der Waals surface area contributed by atoms with Crippen LogP contribution >= 0.6 is 11.8 Å². The van der Waals surface area contributed by atoms with Gasteiger partial charge in [0.15, 0.2) is 6.10 Å². The quantitative estimate of drug-likeness (QED) is 0.505. The smallest absolute Gasteiger partial charge is 0.336 e. The highest BCUT2D eigenvalue weighted by Gasteiger charge is 2.29. The van der Waals surface area contributed by atoms with E-state index < -0.39 is 17.3 Å². The Morgan fingerprint density at radius 1 is 1.14 bits per heavy atom. The molecule has 4 nitrogen and oxygen atoms in total. The van der Waals surface area contributed by atoms with E-state index in [9.17, 15) is 9.90 Å². The number of nitrogens with two attached hydrogens (primary N) is 1. The molecule has 0 heterocycles. The maximum absolute atomic E-state index is 11.7. The number of nitrogen functional groups attached to an aromatic ring is 1. The van der Waals surface area contributed by atoms with Gasteiger partial charge < -0.3 is 15.6 Å². The molecule has 110 valence electrons. The lowest BCUT2D eigenvalue weighted by atomic mass is 10.1. The van der Waals surface area contributed by atoms with E-state index in [1.807, 2.05) is 48.5 Å². The molecule has 2 unspecified atom stereocenters. The average molecular weight is 303 g/mol. The molecule has 0 aromatic heterocycles. The largest absolute Gasteiger partial charge is 0.467 e. The zero-order valence-corrected chi connectivity index (χ0v) is 12.4. The van der Waals surface area contributed by atoms with Crippen LogP contribution in [0.3, 0.4) is 0 Å². The molecule has 0 fully saturated rings. The first-order valence-electron chi connectivity index (χ1n) is 6.45. The molecular weight excluding hydrogens is 286 g/mol. The summed E-state index contributed by atoms with van der Waals surface area (Å²) in [6.07, 6.45) is -1.26. The molecule has 0 saturated heterocycles. The number of aliphatic hydroxyl groups excluding tert-OH is 1. The summed E-state index contributed by atoms with van der Waals surface area (Å²) in [5.74, 6) is -0.661. The second-order valence-corrected chi connectivity index (χ2v) is 5.64. The van der Waals surface area contributed by atoms with Crippen LogP contribution in [0.4, 0.5) is 5.69 Å². The summed E-state index contributed by atoms with van der Waals surface area (Å²) in [4.78, 5) is 12.5. The van der Waals surface area contributed by atoms with Crippen molar-refractivity contribution in [1.82, 2.24) is 0 Å². The Hall–Kier alpha value is -1.98. The number of methoxy groups -OCH3 is 1. The lowest BCUT2D eigenvalue weighted by Crippen LogP contribution is -2.27. The van der Waals surface area contributed by atoms with Crippen molar-refractivity contribution < 1.29 is 14.6 Å². The molecule has 0 aliphatic carbocycles. The van der Waals surface area contributed by atoms with Gasteiger partial charge in [0.25, 0.3) is 0 Å². The molecule has 3 N–H and O–H groups in total. The number of anilines is 1.